The number of fused-ring (bicyclic) bond motifs is 1. The number of aliphatic hydroxyl groups excluding tert-OH is 2. The Bertz CT molecular complexity index is 556. The number of carboxylic acid groups (broad SMARTS) is 1. The Labute approximate surface area is 132 Å². The molecule has 8 nitrogen and oxygen atoms in total. The van der Waals surface area contributed by atoms with Crippen LogP contribution in [0.4, 0.5) is 0 Å². The second kappa shape index (κ2) is 7.51. The van der Waals surface area contributed by atoms with Gasteiger partial charge in [-0.25, -0.2) is 4.79 Å². The standard InChI is InChI=1S/C9H8O4.C6H10O4/c1-6(10)13-8-5-3-2-4-7(8)9(11)12;7-3-1-9-6-4(8)2-10-5(3)6/h2-5H,1H3,(H,11,12);3-8H,1-2H2/t;3-,4+,5-,6-/m.1/s1. The van der Waals surface area contributed by atoms with Gasteiger partial charge in [0.15, 0.2) is 0 Å². The SMILES string of the molecule is CC(=O)Oc1ccccc1C(=O)O.O[C@@H]1CO[C@H]2[C@@H]1OC[C@@H]2O. The van der Waals surface area contributed by atoms with E-state index in [0.29, 0.717) is 0 Å². The number of carbonyl (C=O) groups is 2. The van der Waals surface area contributed by atoms with Crippen LogP contribution in [-0.2, 0) is 14.3 Å². The van der Waals surface area contributed by atoms with Gasteiger partial charge in [-0.05, 0) is 12.1 Å². The van der Waals surface area contributed by atoms with Gasteiger partial charge in [0.25, 0.3) is 0 Å². The van der Waals surface area contributed by atoms with Crippen molar-refractivity contribution in [3.05, 3.63) is 29.8 Å². The van der Waals surface area contributed by atoms with Crippen LogP contribution in [0.1, 0.15) is 17.3 Å². The highest BCUT2D eigenvalue weighted by Gasteiger charge is 2.46. The number of benzene rings is 1. The number of carboxylic acids is 1. The first-order valence-corrected chi connectivity index (χ1v) is 7.00. The number of carbonyl (C=O) groups excluding carboxylic acids is 1. The summed E-state index contributed by atoms with van der Waals surface area (Å²) in [4.78, 5) is 21.2. The predicted molar refractivity (Wildman–Crippen MR) is 76.2 cm³/mol. The number of hydrogen-bond acceptors (Lipinski definition) is 7. The van der Waals surface area contributed by atoms with E-state index in [2.05, 4.69) is 4.74 Å². The fourth-order valence-electron chi connectivity index (χ4n) is 2.35. The van der Waals surface area contributed by atoms with Crippen LogP contribution >= 0.6 is 0 Å². The number of ether oxygens (including phenoxy) is 3. The van der Waals surface area contributed by atoms with E-state index in [1.54, 1.807) is 12.1 Å². The third-order valence-electron chi connectivity index (χ3n) is 3.37. The van der Waals surface area contributed by atoms with E-state index in [1.165, 1.54) is 19.1 Å². The number of aliphatic hydroxyl groups is 2. The van der Waals surface area contributed by atoms with Crippen LogP contribution in [-0.4, -0.2) is 64.9 Å². The molecule has 3 N–H and O–H groups in total. The van der Waals surface area contributed by atoms with Gasteiger partial charge in [0.05, 0.1) is 13.2 Å². The Balaban J connectivity index is 0.000000172. The summed E-state index contributed by atoms with van der Waals surface area (Å²) < 4.78 is 14.8. The molecule has 0 amide bonds. The van der Waals surface area contributed by atoms with E-state index in [4.69, 9.17) is 24.8 Å². The van der Waals surface area contributed by atoms with Crippen molar-refractivity contribution >= 4 is 11.9 Å². The van der Waals surface area contributed by atoms with Crippen molar-refractivity contribution in [2.24, 2.45) is 0 Å². The van der Waals surface area contributed by atoms with Gasteiger partial charge in [-0.2, -0.15) is 0 Å². The zero-order valence-corrected chi connectivity index (χ0v) is 12.4. The van der Waals surface area contributed by atoms with Crippen LogP contribution in [0.25, 0.3) is 0 Å². The molecule has 0 unspecified atom stereocenters. The third-order valence-corrected chi connectivity index (χ3v) is 3.37. The molecule has 2 heterocycles. The Kier molecular flexibility index (Phi) is 5.67. The molecule has 2 saturated heterocycles. The normalized spacial score (nSPS) is 28.5. The first-order chi connectivity index (χ1) is 10.9. The maximum atomic E-state index is 10.6. The van der Waals surface area contributed by atoms with E-state index < -0.39 is 24.1 Å². The first-order valence-electron chi connectivity index (χ1n) is 7.00. The zero-order chi connectivity index (χ0) is 17.0. The highest BCUT2D eigenvalue weighted by atomic mass is 16.6. The van der Waals surface area contributed by atoms with Crippen molar-refractivity contribution in [1.82, 2.24) is 0 Å². The molecule has 3 rings (SSSR count). The Hall–Kier alpha value is -2.00. The minimum Gasteiger partial charge on any atom is -0.478 e. The van der Waals surface area contributed by atoms with Crippen LogP contribution in [0, 0.1) is 0 Å². The molecule has 0 spiro atoms. The Morgan fingerprint density at radius 1 is 1.09 bits per heavy atom. The third kappa shape index (κ3) is 4.26. The fraction of sp³-hybridized carbons (Fsp3) is 0.467. The lowest BCUT2D eigenvalue weighted by molar-refractivity contribution is -0.131. The quantitative estimate of drug-likeness (QED) is 0.505. The van der Waals surface area contributed by atoms with E-state index >= 15 is 0 Å². The van der Waals surface area contributed by atoms with Gasteiger partial charge in [0.2, 0.25) is 0 Å². The lowest BCUT2D eigenvalue weighted by atomic mass is 10.1. The van der Waals surface area contributed by atoms with Crippen LogP contribution in [0.15, 0.2) is 24.3 Å². The van der Waals surface area contributed by atoms with Gasteiger partial charge in [-0.15, -0.1) is 0 Å². The zero-order valence-electron chi connectivity index (χ0n) is 12.4. The molecule has 2 aliphatic rings. The van der Waals surface area contributed by atoms with E-state index in [9.17, 15) is 9.59 Å². The molecule has 23 heavy (non-hydrogen) atoms. The molecule has 0 aromatic heterocycles. The maximum Gasteiger partial charge on any atom is 0.339 e. The lowest BCUT2D eigenvalue weighted by Gasteiger charge is -2.09. The number of para-hydroxylation sites is 1. The highest BCUT2D eigenvalue weighted by molar-refractivity contribution is 5.91. The van der Waals surface area contributed by atoms with E-state index in [1.807, 2.05) is 0 Å². The summed E-state index contributed by atoms with van der Waals surface area (Å²) in [7, 11) is 0. The Morgan fingerprint density at radius 3 is 2.09 bits per heavy atom. The van der Waals surface area contributed by atoms with Crippen molar-refractivity contribution in [2.45, 2.75) is 31.3 Å². The van der Waals surface area contributed by atoms with Crippen molar-refractivity contribution in [1.29, 1.82) is 0 Å². The molecule has 2 fully saturated rings. The van der Waals surface area contributed by atoms with Gasteiger partial charge >= 0.3 is 11.9 Å². The largest absolute Gasteiger partial charge is 0.478 e. The van der Waals surface area contributed by atoms with E-state index in [0.717, 1.165) is 0 Å². The summed E-state index contributed by atoms with van der Waals surface area (Å²) in [5.74, 6) is -1.58. The molecule has 0 saturated carbocycles. The van der Waals surface area contributed by atoms with Crippen LogP contribution in [0.3, 0.4) is 0 Å². The van der Waals surface area contributed by atoms with Gasteiger partial charge in [-0.3, -0.25) is 4.79 Å². The van der Waals surface area contributed by atoms with Crippen molar-refractivity contribution < 1.29 is 39.1 Å². The average Bonchev–Trinajstić information content (AvgIpc) is 3.04. The van der Waals surface area contributed by atoms with Crippen LogP contribution < -0.4 is 4.74 Å². The lowest BCUT2D eigenvalue weighted by Crippen LogP contribution is -2.30. The predicted octanol–water partition coefficient (Wildman–Crippen LogP) is -0.184. The summed E-state index contributed by atoms with van der Waals surface area (Å²) in [6.07, 6.45) is -1.70. The van der Waals surface area contributed by atoms with Crippen molar-refractivity contribution in [2.75, 3.05) is 13.2 Å². The molecule has 0 aliphatic carbocycles. The van der Waals surface area contributed by atoms with Crippen LogP contribution in [0.5, 0.6) is 5.75 Å². The number of rotatable bonds is 2. The van der Waals surface area contributed by atoms with Gasteiger partial charge in [0, 0.05) is 6.92 Å². The second-order valence-corrected chi connectivity index (χ2v) is 5.13. The molecule has 1 aromatic rings. The molecule has 4 atom stereocenters. The molecular weight excluding hydrogens is 308 g/mol. The number of esters is 1. The molecule has 0 radical (unpaired) electrons. The van der Waals surface area contributed by atoms with Crippen LogP contribution in [0.2, 0.25) is 0 Å². The fourth-order valence-corrected chi connectivity index (χ4v) is 2.35. The molecule has 2 aliphatic heterocycles. The summed E-state index contributed by atoms with van der Waals surface area (Å²) in [6.45, 7) is 1.79. The molecule has 1 aromatic carbocycles. The van der Waals surface area contributed by atoms with E-state index in [-0.39, 0.29) is 36.7 Å². The summed E-state index contributed by atoms with van der Waals surface area (Å²) in [6, 6.07) is 5.98. The smallest absolute Gasteiger partial charge is 0.339 e. The second-order valence-electron chi connectivity index (χ2n) is 5.13. The topological polar surface area (TPSA) is 123 Å². The highest BCUT2D eigenvalue weighted by Crippen LogP contribution is 2.26. The minimum absolute atomic E-state index is 0.0160. The molecule has 126 valence electrons. The number of hydrogen-bond donors (Lipinski definition) is 3. The Morgan fingerprint density at radius 2 is 1.61 bits per heavy atom. The average molecular weight is 326 g/mol. The summed E-state index contributed by atoms with van der Waals surface area (Å²) in [5, 5.41) is 27.0. The minimum atomic E-state index is -1.11. The van der Waals surface area contributed by atoms with Gasteiger partial charge in [-0.1, -0.05) is 12.1 Å². The monoisotopic (exact) mass is 326 g/mol. The maximum absolute atomic E-state index is 10.6. The molecular formula is C15H18O8. The van der Waals surface area contributed by atoms with Gasteiger partial charge in [0.1, 0.15) is 35.7 Å². The summed E-state index contributed by atoms with van der Waals surface area (Å²) in [5.41, 5.74) is -0.0160. The summed E-state index contributed by atoms with van der Waals surface area (Å²) >= 11 is 0. The molecule has 0 bridgehead atoms. The van der Waals surface area contributed by atoms with Crippen molar-refractivity contribution in [3.8, 4) is 5.75 Å². The first kappa shape index (κ1) is 17.4. The van der Waals surface area contributed by atoms with Gasteiger partial charge < -0.3 is 29.5 Å². The molecule has 8 heteroatoms. The number of aromatic carboxylic acids is 1. The van der Waals surface area contributed by atoms with Crippen molar-refractivity contribution in [3.63, 3.8) is 0 Å².